The van der Waals surface area contributed by atoms with E-state index >= 15 is 0 Å². The van der Waals surface area contributed by atoms with Crippen LogP contribution in [-0.4, -0.2) is 11.9 Å². The summed E-state index contributed by atoms with van der Waals surface area (Å²) in [6.07, 6.45) is 1.39. The van der Waals surface area contributed by atoms with Gasteiger partial charge < -0.3 is 10.1 Å². The van der Waals surface area contributed by atoms with Crippen molar-refractivity contribution in [1.82, 2.24) is 0 Å². The highest BCUT2D eigenvalue weighted by Gasteiger charge is 2.14. The van der Waals surface area contributed by atoms with Gasteiger partial charge in [0, 0.05) is 16.3 Å². The number of carbonyl (C=O) groups excluding carboxylic acids is 2. The van der Waals surface area contributed by atoms with Gasteiger partial charge in [0.05, 0.1) is 5.56 Å². The van der Waals surface area contributed by atoms with E-state index in [9.17, 15) is 14.9 Å². The van der Waals surface area contributed by atoms with Crippen molar-refractivity contribution < 1.29 is 14.3 Å². The number of nitrogens with one attached hydrogen (secondary N) is 1. The first-order valence-corrected chi connectivity index (χ1v) is 9.41. The van der Waals surface area contributed by atoms with Crippen LogP contribution in [0.1, 0.15) is 21.5 Å². The summed E-state index contributed by atoms with van der Waals surface area (Å²) in [4.78, 5) is 25.0. The topological polar surface area (TPSA) is 79.2 Å². The van der Waals surface area contributed by atoms with Gasteiger partial charge in [-0.25, -0.2) is 4.79 Å². The van der Waals surface area contributed by atoms with Crippen LogP contribution in [0.3, 0.4) is 0 Å². The summed E-state index contributed by atoms with van der Waals surface area (Å²) in [5.41, 5.74) is 2.13. The lowest BCUT2D eigenvalue weighted by molar-refractivity contribution is -0.112. The molecule has 148 valence electrons. The van der Waals surface area contributed by atoms with Crippen LogP contribution < -0.4 is 10.1 Å². The SMILES string of the molecule is Cc1ccccc1NC(=O)/C(C#N)=C/c1ccccc1OC(=O)c1ccc(Cl)cc1. The molecule has 30 heavy (non-hydrogen) atoms. The fraction of sp³-hybridized carbons (Fsp3) is 0.0417. The average Bonchev–Trinajstić information content (AvgIpc) is 2.75. The van der Waals surface area contributed by atoms with Gasteiger partial charge in [0.25, 0.3) is 5.91 Å². The number of hydrogen-bond acceptors (Lipinski definition) is 4. The van der Waals surface area contributed by atoms with E-state index < -0.39 is 11.9 Å². The number of anilines is 1. The maximum absolute atomic E-state index is 12.6. The maximum atomic E-state index is 12.6. The lowest BCUT2D eigenvalue weighted by Crippen LogP contribution is -2.14. The van der Waals surface area contributed by atoms with Gasteiger partial charge in [-0.3, -0.25) is 4.79 Å². The molecule has 1 N–H and O–H groups in total. The third-order valence-corrected chi connectivity index (χ3v) is 4.51. The van der Waals surface area contributed by atoms with Crippen molar-refractivity contribution in [3.63, 3.8) is 0 Å². The quantitative estimate of drug-likeness (QED) is 0.261. The summed E-state index contributed by atoms with van der Waals surface area (Å²) >= 11 is 5.84. The van der Waals surface area contributed by atoms with Crippen molar-refractivity contribution in [2.75, 3.05) is 5.32 Å². The minimum Gasteiger partial charge on any atom is -0.422 e. The number of amides is 1. The molecule has 0 aliphatic rings. The Kier molecular flexibility index (Phi) is 6.63. The predicted octanol–water partition coefficient (Wildman–Crippen LogP) is 5.41. The van der Waals surface area contributed by atoms with Crippen molar-refractivity contribution in [1.29, 1.82) is 5.26 Å². The zero-order valence-electron chi connectivity index (χ0n) is 16.1. The fourth-order valence-electron chi connectivity index (χ4n) is 2.64. The predicted molar refractivity (Wildman–Crippen MR) is 116 cm³/mol. The zero-order valence-corrected chi connectivity index (χ0v) is 16.8. The summed E-state index contributed by atoms with van der Waals surface area (Å²) in [5, 5.41) is 12.7. The molecule has 0 radical (unpaired) electrons. The van der Waals surface area contributed by atoms with Crippen LogP contribution in [0.25, 0.3) is 6.08 Å². The summed E-state index contributed by atoms with van der Waals surface area (Å²) in [6.45, 7) is 1.86. The number of esters is 1. The molecule has 3 aromatic rings. The number of benzene rings is 3. The molecule has 0 aromatic heterocycles. The van der Waals surface area contributed by atoms with Gasteiger partial charge in [-0.15, -0.1) is 0 Å². The summed E-state index contributed by atoms with van der Waals surface area (Å²) < 4.78 is 5.47. The first-order chi connectivity index (χ1) is 14.5. The van der Waals surface area contributed by atoms with E-state index in [1.165, 1.54) is 6.08 Å². The molecule has 0 unspecified atom stereocenters. The summed E-state index contributed by atoms with van der Waals surface area (Å²) in [7, 11) is 0. The Hall–Kier alpha value is -3.88. The molecule has 3 rings (SSSR count). The zero-order chi connectivity index (χ0) is 21.5. The van der Waals surface area contributed by atoms with E-state index in [2.05, 4.69) is 5.32 Å². The molecular formula is C24H17ClN2O3. The van der Waals surface area contributed by atoms with Crippen LogP contribution in [0.2, 0.25) is 5.02 Å². The number of rotatable bonds is 5. The second kappa shape index (κ2) is 9.55. The normalized spacial score (nSPS) is 10.8. The molecule has 0 bridgehead atoms. The number of ether oxygens (including phenoxy) is 1. The molecule has 3 aromatic carbocycles. The van der Waals surface area contributed by atoms with Gasteiger partial charge >= 0.3 is 5.97 Å². The maximum Gasteiger partial charge on any atom is 0.343 e. The number of aryl methyl sites for hydroxylation is 1. The highest BCUT2D eigenvalue weighted by atomic mass is 35.5. The van der Waals surface area contributed by atoms with Gasteiger partial charge in [-0.2, -0.15) is 5.26 Å². The molecule has 0 spiro atoms. The Morgan fingerprint density at radius 1 is 1.00 bits per heavy atom. The van der Waals surface area contributed by atoms with E-state index in [4.69, 9.17) is 16.3 Å². The highest BCUT2D eigenvalue weighted by molar-refractivity contribution is 6.30. The lowest BCUT2D eigenvalue weighted by atomic mass is 10.1. The van der Waals surface area contributed by atoms with Gasteiger partial charge in [-0.1, -0.05) is 48.0 Å². The Bertz CT molecular complexity index is 1160. The van der Waals surface area contributed by atoms with Gasteiger partial charge in [-0.05, 0) is 55.0 Å². The van der Waals surface area contributed by atoms with Crippen molar-refractivity contribution in [3.05, 3.63) is 100 Å². The Labute approximate surface area is 179 Å². The lowest BCUT2D eigenvalue weighted by Gasteiger charge is -2.09. The van der Waals surface area contributed by atoms with Crippen LogP contribution in [0.15, 0.2) is 78.4 Å². The average molecular weight is 417 g/mol. The number of para-hydroxylation sites is 2. The monoisotopic (exact) mass is 416 g/mol. The minimum absolute atomic E-state index is 0.117. The number of nitriles is 1. The molecule has 0 fully saturated rings. The van der Waals surface area contributed by atoms with E-state index in [0.717, 1.165) is 5.56 Å². The molecule has 0 saturated carbocycles. The van der Waals surface area contributed by atoms with Gasteiger partial charge in [0.2, 0.25) is 0 Å². The fourth-order valence-corrected chi connectivity index (χ4v) is 2.77. The molecule has 0 aliphatic carbocycles. The van der Waals surface area contributed by atoms with Crippen LogP contribution >= 0.6 is 11.6 Å². The molecular weight excluding hydrogens is 400 g/mol. The third-order valence-electron chi connectivity index (χ3n) is 4.26. The number of nitrogens with zero attached hydrogens (tertiary/aromatic N) is 1. The number of carbonyl (C=O) groups is 2. The summed E-state index contributed by atoms with van der Waals surface area (Å²) in [6, 6.07) is 22.1. The smallest absolute Gasteiger partial charge is 0.343 e. The largest absolute Gasteiger partial charge is 0.422 e. The molecule has 0 atom stereocenters. The van der Waals surface area contributed by atoms with E-state index in [-0.39, 0.29) is 11.3 Å². The molecule has 0 heterocycles. The van der Waals surface area contributed by atoms with Crippen molar-refractivity contribution in [2.45, 2.75) is 6.92 Å². The van der Waals surface area contributed by atoms with E-state index in [0.29, 0.717) is 21.8 Å². The molecule has 5 nitrogen and oxygen atoms in total. The molecule has 0 saturated heterocycles. The van der Waals surface area contributed by atoms with Crippen LogP contribution in [0.5, 0.6) is 5.75 Å². The minimum atomic E-state index is -0.574. The van der Waals surface area contributed by atoms with Crippen molar-refractivity contribution >= 4 is 35.2 Å². The molecule has 1 amide bonds. The third kappa shape index (κ3) is 5.13. The molecule has 6 heteroatoms. The van der Waals surface area contributed by atoms with Gasteiger partial charge in [0.15, 0.2) is 0 Å². The number of hydrogen-bond donors (Lipinski definition) is 1. The van der Waals surface area contributed by atoms with Crippen molar-refractivity contribution in [3.8, 4) is 11.8 Å². The Morgan fingerprint density at radius 2 is 1.67 bits per heavy atom. The highest BCUT2D eigenvalue weighted by Crippen LogP contribution is 2.23. The van der Waals surface area contributed by atoms with E-state index in [1.807, 2.05) is 25.1 Å². The first-order valence-electron chi connectivity index (χ1n) is 9.03. The number of halogens is 1. The second-order valence-corrected chi connectivity index (χ2v) is 6.81. The van der Waals surface area contributed by atoms with E-state index in [1.54, 1.807) is 60.7 Å². The first kappa shape index (κ1) is 20.8. The summed E-state index contributed by atoms with van der Waals surface area (Å²) in [5.74, 6) is -0.894. The molecule has 0 aliphatic heterocycles. The second-order valence-electron chi connectivity index (χ2n) is 6.37. The van der Waals surface area contributed by atoms with Gasteiger partial charge in [0.1, 0.15) is 17.4 Å². The standard InChI is InChI=1S/C24H17ClN2O3/c1-16-6-2-4-8-21(16)27-23(28)19(15-26)14-18-7-3-5-9-22(18)30-24(29)17-10-12-20(25)13-11-17/h2-14H,1H3,(H,27,28)/b19-14+. The van der Waals surface area contributed by atoms with Crippen LogP contribution in [0, 0.1) is 18.3 Å². The van der Waals surface area contributed by atoms with Crippen LogP contribution in [0.4, 0.5) is 5.69 Å². The van der Waals surface area contributed by atoms with Crippen LogP contribution in [-0.2, 0) is 4.79 Å². The van der Waals surface area contributed by atoms with Crippen molar-refractivity contribution in [2.24, 2.45) is 0 Å². The Balaban J connectivity index is 1.84. The Morgan fingerprint density at radius 3 is 2.37 bits per heavy atom.